The van der Waals surface area contributed by atoms with Crippen molar-refractivity contribution in [1.82, 2.24) is 14.9 Å². The lowest BCUT2D eigenvalue weighted by Gasteiger charge is -2.33. The first-order valence-electron chi connectivity index (χ1n) is 8.21. The van der Waals surface area contributed by atoms with Gasteiger partial charge in [-0.15, -0.1) is 0 Å². The van der Waals surface area contributed by atoms with Crippen molar-refractivity contribution in [3.8, 4) is 0 Å². The van der Waals surface area contributed by atoms with Crippen LogP contribution in [0.4, 0.5) is 11.5 Å². The van der Waals surface area contributed by atoms with E-state index in [1.165, 1.54) is 13.3 Å². The Morgan fingerprint density at radius 3 is 2.36 bits per heavy atom. The molecule has 0 atom stereocenters. The van der Waals surface area contributed by atoms with Crippen molar-refractivity contribution < 1.29 is 9.59 Å². The molecule has 1 aliphatic rings. The standard InChI is InChI=1S/C18H21N5O2/c1-13(24)14-3-5-15(6-4-14)21-18(25)16-11-17(20-12-19-16)23-9-7-22(2)8-10-23/h3-6,11-12H,7-10H2,1-2H3,(H,21,25). The summed E-state index contributed by atoms with van der Waals surface area (Å²) in [4.78, 5) is 36.5. The van der Waals surface area contributed by atoms with Gasteiger partial charge in [-0.2, -0.15) is 0 Å². The number of rotatable bonds is 4. The van der Waals surface area contributed by atoms with Crippen molar-refractivity contribution in [2.75, 3.05) is 43.4 Å². The maximum atomic E-state index is 12.4. The van der Waals surface area contributed by atoms with Gasteiger partial charge in [0.25, 0.3) is 5.91 Å². The van der Waals surface area contributed by atoms with Crippen LogP contribution in [0.3, 0.4) is 0 Å². The summed E-state index contributed by atoms with van der Waals surface area (Å²) in [6, 6.07) is 8.50. The Bertz CT molecular complexity index is 767. The summed E-state index contributed by atoms with van der Waals surface area (Å²) in [6.45, 7) is 5.19. The Morgan fingerprint density at radius 2 is 1.72 bits per heavy atom. The minimum atomic E-state index is -0.298. The highest BCUT2D eigenvalue weighted by atomic mass is 16.2. The zero-order valence-corrected chi connectivity index (χ0v) is 14.4. The average Bonchev–Trinajstić information content (AvgIpc) is 2.63. The fourth-order valence-electron chi connectivity index (χ4n) is 2.66. The Hall–Kier alpha value is -2.80. The molecule has 1 amide bonds. The third-order valence-corrected chi connectivity index (χ3v) is 4.26. The number of anilines is 2. The summed E-state index contributed by atoms with van der Waals surface area (Å²) in [7, 11) is 2.09. The van der Waals surface area contributed by atoms with Gasteiger partial charge in [-0.1, -0.05) is 0 Å². The van der Waals surface area contributed by atoms with E-state index in [0.717, 1.165) is 32.0 Å². The molecule has 7 heteroatoms. The van der Waals surface area contributed by atoms with Gasteiger partial charge < -0.3 is 15.1 Å². The molecule has 0 radical (unpaired) electrons. The molecule has 1 aliphatic heterocycles. The largest absolute Gasteiger partial charge is 0.354 e. The van der Waals surface area contributed by atoms with Gasteiger partial charge in [-0.25, -0.2) is 9.97 Å². The van der Waals surface area contributed by atoms with Gasteiger partial charge in [-0.05, 0) is 38.2 Å². The molecule has 2 heterocycles. The van der Waals surface area contributed by atoms with Gasteiger partial charge in [0, 0.05) is 43.5 Å². The summed E-state index contributed by atoms with van der Waals surface area (Å²) in [5.74, 6) is 0.457. The molecule has 0 aliphatic carbocycles. The Balaban J connectivity index is 1.69. The molecule has 2 aromatic rings. The molecule has 7 nitrogen and oxygen atoms in total. The van der Waals surface area contributed by atoms with Crippen molar-refractivity contribution in [2.45, 2.75) is 6.92 Å². The fourth-order valence-corrected chi connectivity index (χ4v) is 2.66. The first kappa shape index (κ1) is 17.0. The zero-order chi connectivity index (χ0) is 17.8. The second-order valence-electron chi connectivity index (χ2n) is 6.14. The Labute approximate surface area is 146 Å². The number of aromatic nitrogens is 2. The molecule has 0 unspecified atom stereocenters. The second-order valence-corrected chi connectivity index (χ2v) is 6.14. The van der Waals surface area contributed by atoms with Crippen molar-refractivity contribution in [1.29, 1.82) is 0 Å². The molecule has 3 rings (SSSR count). The molecule has 130 valence electrons. The van der Waals surface area contributed by atoms with Crippen LogP contribution in [-0.4, -0.2) is 59.8 Å². The topological polar surface area (TPSA) is 78.4 Å². The van der Waals surface area contributed by atoms with Gasteiger partial charge >= 0.3 is 0 Å². The highest BCUT2D eigenvalue weighted by Crippen LogP contribution is 2.15. The summed E-state index contributed by atoms with van der Waals surface area (Å²) in [6.07, 6.45) is 1.42. The van der Waals surface area contributed by atoms with E-state index in [-0.39, 0.29) is 11.7 Å². The van der Waals surface area contributed by atoms with Crippen molar-refractivity contribution >= 4 is 23.2 Å². The van der Waals surface area contributed by atoms with Crippen LogP contribution in [0.25, 0.3) is 0 Å². The van der Waals surface area contributed by atoms with Crippen LogP contribution in [0.2, 0.25) is 0 Å². The smallest absolute Gasteiger partial charge is 0.274 e. The summed E-state index contributed by atoms with van der Waals surface area (Å²) in [5.41, 5.74) is 1.55. The highest BCUT2D eigenvalue weighted by molar-refractivity contribution is 6.03. The monoisotopic (exact) mass is 339 g/mol. The quantitative estimate of drug-likeness (QED) is 0.854. The Kier molecular flexibility index (Phi) is 5.04. The number of nitrogens with one attached hydrogen (secondary N) is 1. The van der Waals surface area contributed by atoms with Gasteiger partial charge in [0.05, 0.1) is 0 Å². The number of carbonyl (C=O) groups is 2. The minimum absolute atomic E-state index is 0.00880. The van der Waals surface area contributed by atoms with Crippen LogP contribution in [-0.2, 0) is 0 Å². The molecule has 1 fully saturated rings. The highest BCUT2D eigenvalue weighted by Gasteiger charge is 2.17. The normalized spacial score (nSPS) is 15.0. The molecule has 1 aromatic heterocycles. The molecule has 0 spiro atoms. The van der Waals surface area contributed by atoms with Crippen molar-refractivity contribution in [2.24, 2.45) is 0 Å². The molecular weight excluding hydrogens is 318 g/mol. The first-order valence-corrected chi connectivity index (χ1v) is 8.21. The Morgan fingerprint density at radius 1 is 1.04 bits per heavy atom. The van der Waals surface area contributed by atoms with E-state index in [4.69, 9.17) is 0 Å². The zero-order valence-electron chi connectivity index (χ0n) is 14.4. The van der Waals surface area contributed by atoms with E-state index in [1.54, 1.807) is 30.3 Å². The number of Topliss-reactive ketones (excluding diaryl/α,β-unsaturated/α-hetero) is 1. The number of ketones is 1. The number of piperazine rings is 1. The fraction of sp³-hybridized carbons (Fsp3) is 0.333. The maximum absolute atomic E-state index is 12.4. The van der Waals surface area contributed by atoms with Crippen molar-refractivity contribution in [3.63, 3.8) is 0 Å². The minimum Gasteiger partial charge on any atom is -0.354 e. The summed E-state index contributed by atoms with van der Waals surface area (Å²) < 4.78 is 0. The molecule has 1 N–H and O–H groups in total. The lowest BCUT2D eigenvalue weighted by molar-refractivity contribution is 0.101. The maximum Gasteiger partial charge on any atom is 0.274 e. The van der Waals surface area contributed by atoms with E-state index in [0.29, 0.717) is 16.9 Å². The molecule has 1 aromatic carbocycles. The van der Waals surface area contributed by atoms with E-state index in [2.05, 4.69) is 32.1 Å². The van der Waals surface area contributed by atoms with Crippen molar-refractivity contribution in [3.05, 3.63) is 47.9 Å². The van der Waals surface area contributed by atoms with Gasteiger partial charge in [0.15, 0.2) is 5.78 Å². The average molecular weight is 339 g/mol. The van der Waals surface area contributed by atoms with Gasteiger partial charge in [0.1, 0.15) is 17.8 Å². The van der Waals surface area contributed by atoms with Crippen LogP contribution in [0.5, 0.6) is 0 Å². The number of hydrogen-bond acceptors (Lipinski definition) is 6. The molecule has 0 saturated carbocycles. The number of hydrogen-bond donors (Lipinski definition) is 1. The molecule has 25 heavy (non-hydrogen) atoms. The van der Waals surface area contributed by atoms with E-state index in [9.17, 15) is 9.59 Å². The van der Waals surface area contributed by atoms with E-state index >= 15 is 0 Å². The number of benzene rings is 1. The first-order chi connectivity index (χ1) is 12.0. The van der Waals surface area contributed by atoms with Crippen LogP contribution in [0, 0.1) is 0 Å². The number of amides is 1. The number of likely N-dealkylation sites (N-methyl/N-ethyl adjacent to an activating group) is 1. The van der Waals surface area contributed by atoms with Gasteiger partial charge in [0.2, 0.25) is 0 Å². The summed E-state index contributed by atoms with van der Waals surface area (Å²) >= 11 is 0. The van der Waals surface area contributed by atoms with Crippen LogP contribution < -0.4 is 10.2 Å². The van der Waals surface area contributed by atoms with Gasteiger partial charge in [-0.3, -0.25) is 9.59 Å². The number of nitrogens with zero attached hydrogens (tertiary/aromatic N) is 4. The van der Waals surface area contributed by atoms with E-state index < -0.39 is 0 Å². The molecule has 1 saturated heterocycles. The third-order valence-electron chi connectivity index (χ3n) is 4.26. The van der Waals surface area contributed by atoms with E-state index in [1.807, 2.05) is 0 Å². The predicted octanol–water partition coefficient (Wildman–Crippen LogP) is 1.68. The van der Waals surface area contributed by atoms with Crippen LogP contribution >= 0.6 is 0 Å². The third kappa shape index (κ3) is 4.19. The van der Waals surface area contributed by atoms with Crippen LogP contribution in [0.15, 0.2) is 36.7 Å². The van der Waals surface area contributed by atoms with Crippen LogP contribution in [0.1, 0.15) is 27.8 Å². The molecule has 0 bridgehead atoms. The summed E-state index contributed by atoms with van der Waals surface area (Å²) in [5, 5.41) is 2.79. The SMILES string of the molecule is CC(=O)c1ccc(NC(=O)c2cc(N3CCN(C)CC3)ncn2)cc1. The lowest BCUT2D eigenvalue weighted by Crippen LogP contribution is -2.44. The number of carbonyl (C=O) groups excluding carboxylic acids is 2. The second kappa shape index (κ2) is 7.40. The lowest BCUT2D eigenvalue weighted by atomic mass is 10.1. The predicted molar refractivity (Wildman–Crippen MR) is 96.1 cm³/mol. The molecular formula is C18H21N5O2.